The molecule has 1 rings (SSSR count). The van der Waals surface area contributed by atoms with Crippen molar-refractivity contribution in [3.63, 3.8) is 0 Å². The standard InChI is InChI=1S/C16H24O3/c1-5-9-18-11-14-7-6-8-15(10-14)16(12(2)3)19-13(4)17/h6-8,10,12,16H,5,9,11H2,1-4H3. The first-order valence-corrected chi connectivity index (χ1v) is 6.88. The highest BCUT2D eigenvalue weighted by Gasteiger charge is 2.19. The third-order valence-corrected chi connectivity index (χ3v) is 2.80. The molecule has 0 heterocycles. The first-order valence-electron chi connectivity index (χ1n) is 6.88. The van der Waals surface area contributed by atoms with Crippen LogP contribution in [0.3, 0.4) is 0 Å². The average molecular weight is 264 g/mol. The summed E-state index contributed by atoms with van der Waals surface area (Å²) in [5.41, 5.74) is 2.14. The minimum atomic E-state index is -0.244. The number of carbonyl (C=O) groups excluding carboxylic acids is 1. The van der Waals surface area contributed by atoms with Gasteiger partial charge in [-0.2, -0.15) is 0 Å². The van der Waals surface area contributed by atoms with Gasteiger partial charge in [0.05, 0.1) is 6.61 Å². The number of rotatable bonds is 7. The van der Waals surface area contributed by atoms with Gasteiger partial charge in [-0.25, -0.2) is 0 Å². The summed E-state index contributed by atoms with van der Waals surface area (Å²) in [5.74, 6) is 0.00189. The molecule has 19 heavy (non-hydrogen) atoms. The maximum Gasteiger partial charge on any atom is 0.303 e. The first kappa shape index (κ1) is 15.7. The fraction of sp³-hybridized carbons (Fsp3) is 0.562. The lowest BCUT2D eigenvalue weighted by molar-refractivity contribution is -0.149. The molecule has 0 aliphatic heterocycles. The molecule has 3 nitrogen and oxygen atoms in total. The molecule has 106 valence electrons. The number of hydrogen-bond donors (Lipinski definition) is 0. The van der Waals surface area contributed by atoms with Gasteiger partial charge < -0.3 is 9.47 Å². The molecule has 0 aliphatic carbocycles. The van der Waals surface area contributed by atoms with Gasteiger partial charge in [0.2, 0.25) is 0 Å². The number of hydrogen-bond acceptors (Lipinski definition) is 3. The highest BCUT2D eigenvalue weighted by molar-refractivity contribution is 5.66. The van der Waals surface area contributed by atoms with Crippen LogP contribution < -0.4 is 0 Å². The summed E-state index contributed by atoms with van der Waals surface area (Å²) in [6.45, 7) is 9.01. The molecule has 0 spiro atoms. The van der Waals surface area contributed by atoms with Gasteiger partial charge in [0, 0.05) is 13.5 Å². The van der Waals surface area contributed by atoms with E-state index in [0.717, 1.165) is 24.2 Å². The number of ether oxygens (including phenoxy) is 2. The fourth-order valence-electron chi connectivity index (χ4n) is 1.96. The van der Waals surface area contributed by atoms with Gasteiger partial charge in [-0.1, -0.05) is 39.0 Å². The van der Waals surface area contributed by atoms with Crippen molar-refractivity contribution in [2.75, 3.05) is 6.61 Å². The molecule has 0 saturated carbocycles. The molecular formula is C16H24O3. The van der Waals surface area contributed by atoms with Crippen molar-refractivity contribution in [3.8, 4) is 0 Å². The highest BCUT2D eigenvalue weighted by atomic mass is 16.5. The highest BCUT2D eigenvalue weighted by Crippen LogP contribution is 2.26. The third kappa shape index (κ3) is 5.43. The van der Waals surface area contributed by atoms with Crippen LogP contribution >= 0.6 is 0 Å². The summed E-state index contributed by atoms with van der Waals surface area (Å²) in [6.07, 6.45) is 0.825. The molecule has 1 unspecified atom stereocenters. The van der Waals surface area contributed by atoms with Crippen molar-refractivity contribution >= 4 is 5.97 Å². The zero-order chi connectivity index (χ0) is 14.3. The quantitative estimate of drug-likeness (QED) is 0.554. The van der Waals surface area contributed by atoms with E-state index in [1.165, 1.54) is 6.92 Å². The van der Waals surface area contributed by atoms with Gasteiger partial charge in [0.25, 0.3) is 0 Å². The van der Waals surface area contributed by atoms with Gasteiger partial charge in [0.1, 0.15) is 6.10 Å². The van der Waals surface area contributed by atoms with Crippen LogP contribution in [0.2, 0.25) is 0 Å². The van der Waals surface area contributed by atoms with Crippen LogP contribution in [0.4, 0.5) is 0 Å². The van der Waals surface area contributed by atoms with Gasteiger partial charge in [-0.05, 0) is 29.5 Å². The van der Waals surface area contributed by atoms with E-state index in [1.54, 1.807) is 0 Å². The summed E-state index contributed by atoms with van der Waals surface area (Å²) in [5, 5.41) is 0. The van der Waals surface area contributed by atoms with Crippen molar-refractivity contribution in [2.24, 2.45) is 5.92 Å². The zero-order valence-electron chi connectivity index (χ0n) is 12.3. The molecule has 3 heteroatoms. The lowest BCUT2D eigenvalue weighted by Crippen LogP contribution is -2.14. The Kier molecular flexibility index (Phi) is 6.57. The maximum absolute atomic E-state index is 11.2. The van der Waals surface area contributed by atoms with Gasteiger partial charge in [-0.3, -0.25) is 4.79 Å². The lowest BCUT2D eigenvalue weighted by Gasteiger charge is -2.21. The molecule has 1 aromatic rings. The minimum Gasteiger partial charge on any atom is -0.457 e. The summed E-state index contributed by atoms with van der Waals surface area (Å²) < 4.78 is 10.9. The third-order valence-electron chi connectivity index (χ3n) is 2.80. The molecule has 0 saturated heterocycles. The van der Waals surface area contributed by atoms with Crippen LogP contribution in [0.15, 0.2) is 24.3 Å². The van der Waals surface area contributed by atoms with Gasteiger partial charge >= 0.3 is 5.97 Å². The number of esters is 1. The van der Waals surface area contributed by atoms with E-state index in [0.29, 0.717) is 6.61 Å². The lowest BCUT2D eigenvalue weighted by atomic mass is 9.97. The predicted molar refractivity (Wildman–Crippen MR) is 75.7 cm³/mol. The van der Waals surface area contributed by atoms with Crippen molar-refractivity contribution in [2.45, 2.75) is 46.8 Å². The topological polar surface area (TPSA) is 35.5 Å². The molecule has 0 aromatic heterocycles. The summed E-state index contributed by atoms with van der Waals surface area (Å²) in [4.78, 5) is 11.2. The SMILES string of the molecule is CCCOCc1cccc(C(OC(C)=O)C(C)C)c1. The summed E-state index contributed by atoms with van der Waals surface area (Å²) in [7, 11) is 0. The molecule has 0 N–H and O–H groups in total. The Morgan fingerprint density at radius 1 is 1.32 bits per heavy atom. The minimum absolute atomic E-state index is 0.191. The van der Waals surface area contributed by atoms with E-state index in [9.17, 15) is 4.79 Å². The van der Waals surface area contributed by atoms with Crippen LogP contribution in [-0.4, -0.2) is 12.6 Å². The fourth-order valence-corrected chi connectivity index (χ4v) is 1.96. The molecular weight excluding hydrogens is 240 g/mol. The van der Waals surface area contributed by atoms with Crippen LogP contribution in [0.1, 0.15) is 51.3 Å². The average Bonchev–Trinajstić information content (AvgIpc) is 2.36. The van der Waals surface area contributed by atoms with E-state index in [-0.39, 0.29) is 18.0 Å². The normalized spacial score (nSPS) is 12.5. The van der Waals surface area contributed by atoms with Crippen molar-refractivity contribution in [1.82, 2.24) is 0 Å². The summed E-state index contributed by atoms with van der Waals surface area (Å²) >= 11 is 0. The van der Waals surface area contributed by atoms with Gasteiger partial charge in [-0.15, -0.1) is 0 Å². The second kappa shape index (κ2) is 7.95. The molecule has 0 amide bonds. The summed E-state index contributed by atoms with van der Waals surface area (Å²) in [6, 6.07) is 8.07. The van der Waals surface area contributed by atoms with Crippen LogP contribution in [-0.2, 0) is 20.9 Å². The molecule has 0 radical (unpaired) electrons. The molecule has 0 fully saturated rings. The Morgan fingerprint density at radius 2 is 2.05 bits per heavy atom. The smallest absolute Gasteiger partial charge is 0.303 e. The number of benzene rings is 1. The molecule has 1 atom stereocenters. The second-order valence-corrected chi connectivity index (χ2v) is 5.07. The monoisotopic (exact) mass is 264 g/mol. The van der Waals surface area contributed by atoms with E-state index < -0.39 is 0 Å². The van der Waals surface area contributed by atoms with Crippen LogP contribution in [0, 0.1) is 5.92 Å². The Morgan fingerprint density at radius 3 is 2.63 bits per heavy atom. The molecule has 0 aliphatic rings. The predicted octanol–water partition coefficient (Wildman–Crippen LogP) is 3.87. The number of carbonyl (C=O) groups is 1. The Hall–Kier alpha value is -1.35. The van der Waals surface area contributed by atoms with Crippen molar-refractivity contribution in [3.05, 3.63) is 35.4 Å². The van der Waals surface area contributed by atoms with E-state index in [1.807, 2.05) is 32.0 Å². The van der Waals surface area contributed by atoms with Crippen LogP contribution in [0.25, 0.3) is 0 Å². The molecule has 0 bridgehead atoms. The second-order valence-electron chi connectivity index (χ2n) is 5.07. The Labute approximate surface area is 115 Å². The van der Waals surface area contributed by atoms with E-state index in [2.05, 4.69) is 13.0 Å². The maximum atomic E-state index is 11.2. The van der Waals surface area contributed by atoms with Gasteiger partial charge in [0.15, 0.2) is 0 Å². The largest absolute Gasteiger partial charge is 0.457 e. The van der Waals surface area contributed by atoms with Crippen molar-refractivity contribution in [1.29, 1.82) is 0 Å². The van der Waals surface area contributed by atoms with Crippen LogP contribution in [0.5, 0.6) is 0 Å². The van der Waals surface area contributed by atoms with E-state index >= 15 is 0 Å². The zero-order valence-corrected chi connectivity index (χ0v) is 12.3. The first-order chi connectivity index (χ1) is 9.04. The van der Waals surface area contributed by atoms with E-state index in [4.69, 9.17) is 9.47 Å². The Bertz CT molecular complexity index is 399. The Balaban J connectivity index is 2.79. The molecule has 1 aromatic carbocycles. The van der Waals surface area contributed by atoms with Crippen molar-refractivity contribution < 1.29 is 14.3 Å².